The van der Waals surface area contributed by atoms with E-state index in [-0.39, 0.29) is 6.42 Å². The van der Waals surface area contributed by atoms with Crippen molar-refractivity contribution in [3.63, 3.8) is 0 Å². The summed E-state index contributed by atoms with van der Waals surface area (Å²) in [7, 11) is -6.02. The molecular weight excluding hydrogens is 610 g/mol. The van der Waals surface area contributed by atoms with Crippen molar-refractivity contribution in [2.24, 2.45) is 0 Å². The highest BCUT2D eigenvalue weighted by Crippen LogP contribution is 2.47. The van der Waals surface area contributed by atoms with Crippen molar-refractivity contribution in [3.05, 3.63) is 0 Å². The number of unbranched alkanes of at least 4 members (excludes halogenated alkanes) is 24. The van der Waals surface area contributed by atoms with Crippen molar-refractivity contribution in [1.29, 1.82) is 0 Å². The second kappa shape index (κ2) is 24.2. The molecule has 0 rings (SSSR count). The van der Waals surface area contributed by atoms with Gasteiger partial charge in [-0.2, -0.15) is 26.3 Å². The number of esters is 1. The minimum Gasteiger partial charge on any atom is -0.748 e. The molecule has 0 aliphatic rings. The molecule has 0 aromatic carbocycles. The molecule has 0 fully saturated rings. The number of rotatable bonds is 29. The van der Waals surface area contributed by atoms with Gasteiger partial charge < -0.3 is 9.29 Å². The van der Waals surface area contributed by atoms with Crippen LogP contribution in [0.25, 0.3) is 0 Å². The summed E-state index contributed by atoms with van der Waals surface area (Å²) in [4.78, 5) is 11.7. The van der Waals surface area contributed by atoms with Crippen LogP contribution in [0.5, 0.6) is 0 Å². The second-order valence-electron chi connectivity index (χ2n) is 12.2. The molecule has 0 unspecified atom stereocenters. The van der Waals surface area contributed by atoms with Crippen LogP contribution < -0.4 is 0 Å². The van der Waals surface area contributed by atoms with Crippen molar-refractivity contribution < 1.29 is 48.8 Å². The molecule has 0 aliphatic carbocycles. The number of halogens is 6. The van der Waals surface area contributed by atoms with Crippen molar-refractivity contribution >= 4 is 16.1 Å². The summed E-state index contributed by atoms with van der Waals surface area (Å²) in [6.07, 6.45) is 15.6. The lowest BCUT2D eigenvalue weighted by Gasteiger charge is -2.36. The van der Waals surface area contributed by atoms with Gasteiger partial charge in [0.05, 0.1) is 15.9 Å². The molecule has 12 heteroatoms. The zero-order chi connectivity index (χ0) is 33.4. The molecule has 0 radical (unpaired) electrons. The Hall–Kier alpha value is -1.04. The molecular formula is C32H57F6O5S-. The molecule has 0 aliphatic heterocycles. The first-order chi connectivity index (χ1) is 20.7. The van der Waals surface area contributed by atoms with Gasteiger partial charge in [0.15, 0.2) is 0 Å². The Morgan fingerprint density at radius 2 is 0.773 bits per heavy atom. The fourth-order valence-electron chi connectivity index (χ4n) is 5.37. The number of alkyl halides is 6. The SMILES string of the molecule is CCCCCCCCCCCCCCCCCCCCCCCCCCCC(=O)OC(CS(=O)(=O)[O-])(C(F)(F)F)C(F)(F)F. The van der Waals surface area contributed by atoms with Crippen LogP contribution >= 0.6 is 0 Å². The molecule has 0 aromatic rings. The van der Waals surface area contributed by atoms with E-state index in [1.165, 1.54) is 116 Å². The molecule has 0 heterocycles. The van der Waals surface area contributed by atoms with Gasteiger partial charge in [0.1, 0.15) is 0 Å². The standard InChI is InChI=1S/C32H58F6O5S/c1-2-3-4-5-6-7-8-9-10-11-12-13-14-15-16-17-18-19-20-21-22-23-24-25-26-27-29(39)43-30(31(33,34)35,32(36,37)38)28-44(40,41)42/h2-28H2,1H3,(H,40,41,42)/p-1. The summed E-state index contributed by atoms with van der Waals surface area (Å²) in [5.41, 5.74) is -5.39. The summed E-state index contributed by atoms with van der Waals surface area (Å²) in [6.45, 7) is 2.25. The van der Waals surface area contributed by atoms with E-state index >= 15 is 0 Å². The van der Waals surface area contributed by atoms with Gasteiger partial charge in [0.2, 0.25) is 0 Å². The van der Waals surface area contributed by atoms with E-state index in [0.29, 0.717) is 12.8 Å². The molecule has 0 N–H and O–H groups in total. The number of carbonyl (C=O) groups is 1. The third-order valence-electron chi connectivity index (χ3n) is 8.07. The zero-order valence-corrected chi connectivity index (χ0v) is 27.6. The molecule has 44 heavy (non-hydrogen) atoms. The lowest BCUT2D eigenvalue weighted by molar-refractivity contribution is -0.361. The Bertz CT molecular complexity index is 801. The molecule has 5 nitrogen and oxygen atoms in total. The zero-order valence-electron chi connectivity index (χ0n) is 26.8. The first-order valence-corrected chi connectivity index (χ1v) is 18.5. The fourth-order valence-corrected chi connectivity index (χ4v) is 6.26. The van der Waals surface area contributed by atoms with E-state index in [4.69, 9.17) is 0 Å². The van der Waals surface area contributed by atoms with Gasteiger partial charge in [-0.1, -0.05) is 161 Å². The molecule has 0 aromatic heterocycles. The van der Waals surface area contributed by atoms with Crippen LogP contribution in [0, 0.1) is 0 Å². The molecule has 0 bridgehead atoms. The van der Waals surface area contributed by atoms with Gasteiger partial charge in [-0.15, -0.1) is 0 Å². The lowest BCUT2D eigenvalue weighted by Crippen LogP contribution is -2.63. The Labute approximate surface area is 262 Å². The first kappa shape index (κ1) is 43.0. The van der Waals surface area contributed by atoms with Crippen molar-refractivity contribution in [3.8, 4) is 0 Å². The second-order valence-corrected chi connectivity index (χ2v) is 13.6. The smallest absolute Gasteiger partial charge is 0.438 e. The maximum atomic E-state index is 13.2. The van der Waals surface area contributed by atoms with E-state index in [9.17, 15) is 44.1 Å². The summed E-state index contributed by atoms with van der Waals surface area (Å²) in [5.74, 6) is -4.81. The van der Waals surface area contributed by atoms with Crippen molar-refractivity contribution in [1.82, 2.24) is 0 Å². The minimum absolute atomic E-state index is 0.00595. The summed E-state index contributed by atoms with van der Waals surface area (Å²) in [6, 6.07) is 0. The Morgan fingerprint density at radius 3 is 1.00 bits per heavy atom. The summed E-state index contributed by atoms with van der Waals surface area (Å²) >= 11 is 0. The Balaban J connectivity index is 3.71. The van der Waals surface area contributed by atoms with Crippen molar-refractivity contribution in [2.75, 3.05) is 5.75 Å². The number of hydrogen-bond donors (Lipinski definition) is 0. The highest BCUT2D eigenvalue weighted by Gasteiger charge is 2.75. The van der Waals surface area contributed by atoms with E-state index in [2.05, 4.69) is 11.7 Å². The van der Waals surface area contributed by atoms with Crippen LogP contribution in [0.1, 0.15) is 174 Å². The molecule has 264 valence electrons. The fraction of sp³-hybridized carbons (Fsp3) is 0.969. The van der Waals surface area contributed by atoms with Crippen LogP contribution in [-0.2, 0) is 19.6 Å². The topological polar surface area (TPSA) is 83.5 Å². The summed E-state index contributed by atoms with van der Waals surface area (Å²) in [5, 5.41) is 0. The maximum absolute atomic E-state index is 13.2. The first-order valence-electron chi connectivity index (χ1n) is 16.9. The van der Waals surface area contributed by atoms with E-state index in [1.807, 2.05) is 0 Å². The molecule has 0 amide bonds. The molecule has 0 atom stereocenters. The predicted octanol–water partition coefficient (Wildman–Crippen LogP) is 11.1. The van der Waals surface area contributed by atoms with E-state index in [1.54, 1.807) is 0 Å². The van der Waals surface area contributed by atoms with Crippen LogP contribution in [0.4, 0.5) is 26.3 Å². The maximum Gasteiger partial charge on any atom is 0.438 e. The highest BCUT2D eigenvalue weighted by atomic mass is 32.2. The lowest BCUT2D eigenvalue weighted by atomic mass is 10.0. The van der Waals surface area contributed by atoms with Gasteiger partial charge in [-0.25, -0.2) is 8.42 Å². The molecule has 0 saturated carbocycles. The van der Waals surface area contributed by atoms with Crippen LogP contribution in [-0.4, -0.2) is 42.6 Å². The van der Waals surface area contributed by atoms with Gasteiger partial charge >= 0.3 is 23.9 Å². The van der Waals surface area contributed by atoms with E-state index < -0.39 is 46.2 Å². The molecule has 0 saturated heterocycles. The normalized spacial score (nSPS) is 13.0. The average Bonchev–Trinajstić information content (AvgIpc) is 2.90. The summed E-state index contributed by atoms with van der Waals surface area (Å²) < 4.78 is 115. The van der Waals surface area contributed by atoms with Gasteiger partial charge in [-0.05, 0) is 6.42 Å². The highest BCUT2D eigenvalue weighted by molar-refractivity contribution is 7.85. The number of hydrogen-bond acceptors (Lipinski definition) is 5. The minimum atomic E-state index is -6.33. The molecule has 0 spiro atoms. The van der Waals surface area contributed by atoms with Crippen LogP contribution in [0.2, 0.25) is 0 Å². The van der Waals surface area contributed by atoms with Crippen LogP contribution in [0.15, 0.2) is 0 Å². The third kappa shape index (κ3) is 21.7. The Kier molecular flexibility index (Phi) is 23.6. The quantitative estimate of drug-likeness (QED) is 0.0343. The Morgan fingerprint density at radius 1 is 0.523 bits per heavy atom. The van der Waals surface area contributed by atoms with Gasteiger partial charge in [-0.3, -0.25) is 4.79 Å². The average molecular weight is 668 g/mol. The van der Waals surface area contributed by atoms with Gasteiger partial charge in [0, 0.05) is 6.42 Å². The third-order valence-corrected chi connectivity index (χ3v) is 8.83. The predicted molar refractivity (Wildman–Crippen MR) is 161 cm³/mol. The largest absolute Gasteiger partial charge is 0.748 e. The van der Waals surface area contributed by atoms with Crippen LogP contribution in [0.3, 0.4) is 0 Å². The number of ether oxygens (including phenoxy) is 1. The number of carbonyl (C=O) groups excluding carboxylic acids is 1. The monoisotopic (exact) mass is 667 g/mol. The van der Waals surface area contributed by atoms with Crippen molar-refractivity contribution in [2.45, 2.75) is 192 Å². The van der Waals surface area contributed by atoms with Gasteiger partial charge in [0.25, 0.3) is 0 Å². The van der Waals surface area contributed by atoms with E-state index in [0.717, 1.165) is 25.7 Å².